The number of fused-ring (bicyclic) bond motifs is 2. The largest absolute Gasteiger partial charge is 0.444 e. The number of thiophene rings is 1. The van der Waals surface area contributed by atoms with Crippen LogP contribution >= 0.6 is 11.3 Å². The van der Waals surface area contributed by atoms with E-state index in [2.05, 4.69) is 15.6 Å². The lowest BCUT2D eigenvalue weighted by molar-refractivity contribution is -0.140. The predicted octanol–water partition coefficient (Wildman–Crippen LogP) is 3.61. The second kappa shape index (κ2) is 11.8. The van der Waals surface area contributed by atoms with E-state index in [9.17, 15) is 19.2 Å². The number of rotatable bonds is 8. The lowest BCUT2D eigenvalue weighted by Crippen LogP contribution is -2.54. The second-order valence-corrected chi connectivity index (χ2v) is 12.5. The van der Waals surface area contributed by atoms with E-state index in [-0.39, 0.29) is 18.2 Å². The zero-order valence-corrected chi connectivity index (χ0v) is 24.6. The van der Waals surface area contributed by atoms with Crippen LogP contribution in [0.2, 0.25) is 0 Å². The number of nitrogens with zero attached hydrogens (tertiary/aromatic N) is 3. The van der Waals surface area contributed by atoms with Crippen molar-refractivity contribution in [3.8, 4) is 0 Å². The maximum Gasteiger partial charge on any atom is 0.408 e. The van der Waals surface area contributed by atoms with Gasteiger partial charge in [-0.2, -0.15) is 0 Å². The van der Waals surface area contributed by atoms with Crippen molar-refractivity contribution in [2.24, 2.45) is 0 Å². The molecule has 1 aromatic carbocycles. The Morgan fingerprint density at radius 3 is 2.74 bits per heavy atom. The summed E-state index contributed by atoms with van der Waals surface area (Å²) in [6.45, 7) is 5.89. The minimum atomic E-state index is -1.02. The molecule has 3 amide bonds. The van der Waals surface area contributed by atoms with Gasteiger partial charge in [0.2, 0.25) is 18.2 Å². The number of hydrogen-bond acceptors (Lipinski definition) is 8. The van der Waals surface area contributed by atoms with E-state index in [4.69, 9.17) is 10.5 Å². The van der Waals surface area contributed by atoms with Crippen LogP contribution in [0.15, 0.2) is 48.8 Å². The van der Waals surface area contributed by atoms with Gasteiger partial charge in [0.15, 0.2) is 0 Å². The van der Waals surface area contributed by atoms with E-state index in [1.165, 1.54) is 20.8 Å². The quantitative estimate of drug-likeness (QED) is 0.266. The number of hydrogen-bond donors (Lipinski definition) is 3. The number of para-hydroxylation sites is 1. The molecule has 1 aliphatic heterocycles. The molecule has 4 N–H and O–H groups in total. The maximum atomic E-state index is 14.0. The average molecular weight is 591 g/mol. The Morgan fingerprint density at radius 1 is 1.21 bits per heavy atom. The Balaban J connectivity index is 1.35. The lowest BCUT2D eigenvalue weighted by atomic mass is 10.0. The van der Waals surface area contributed by atoms with Crippen molar-refractivity contribution in [1.82, 2.24) is 25.1 Å². The summed E-state index contributed by atoms with van der Waals surface area (Å²) >= 11 is 1.52. The molecule has 0 spiro atoms. The van der Waals surface area contributed by atoms with Gasteiger partial charge in [-0.3, -0.25) is 19.0 Å². The number of anilines is 1. The van der Waals surface area contributed by atoms with Gasteiger partial charge in [0, 0.05) is 45.7 Å². The normalized spacial score (nSPS) is 16.0. The average Bonchev–Trinajstić information content (AvgIpc) is 3.68. The van der Waals surface area contributed by atoms with Crippen molar-refractivity contribution in [2.45, 2.75) is 64.3 Å². The Bertz CT molecular complexity index is 1650. The van der Waals surface area contributed by atoms with Crippen molar-refractivity contribution in [1.29, 1.82) is 0 Å². The van der Waals surface area contributed by atoms with Crippen LogP contribution < -0.4 is 16.4 Å². The molecule has 11 nitrogen and oxygen atoms in total. The van der Waals surface area contributed by atoms with E-state index in [0.29, 0.717) is 49.2 Å². The fraction of sp³-hybridized carbons (Fsp3) is 0.367. The molecule has 220 valence electrons. The highest BCUT2D eigenvalue weighted by Crippen LogP contribution is 2.29. The molecule has 4 heterocycles. The van der Waals surface area contributed by atoms with E-state index in [1.54, 1.807) is 33.2 Å². The van der Waals surface area contributed by atoms with Crippen LogP contribution in [0.25, 0.3) is 21.0 Å². The number of amides is 3. The molecule has 12 heteroatoms. The van der Waals surface area contributed by atoms with Gasteiger partial charge in [-0.25, -0.2) is 9.78 Å². The third-order valence-electron chi connectivity index (χ3n) is 7.15. The highest BCUT2D eigenvalue weighted by molar-refractivity contribution is 7.19. The molecule has 1 saturated heterocycles. The summed E-state index contributed by atoms with van der Waals surface area (Å²) in [5.74, 6) is -0.214. The van der Waals surface area contributed by atoms with Gasteiger partial charge < -0.3 is 26.0 Å². The molecule has 1 fully saturated rings. The molecule has 0 bridgehead atoms. The van der Waals surface area contributed by atoms with E-state index < -0.39 is 23.8 Å². The molecule has 42 heavy (non-hydrogen) atoms. The molecule has 1 aliphatic rings. The number of carbonyl (C=O) groups is 4. The van der Waals surface area contributed by atoms with Crippen LogP contribution in [-0.4, -0.2) is 63.0 Å². The van der Waals surface area contributed by atoms with Gasteiger partial charge in [-0.15, -0.1) is 11.3 Å². The first-order valence-corrected chi connectivity index (χ1v) is 14.6. The number of nitrogens with one attached hydrogen (secondary N) is 2. The molecule has 5 rings (SSSR count). The van der Waals surface area contributed by atoms with Gasteiger partial charge >= 0.3 is 6.09 Å². The van der Waals surface area contributed by atoms with Gasteiger partial charge in [0.05, 0.1) is 12.1 Å². The summed E-state index contributed by atoms with van der Waals surface area (Å²) in [4.78, 5) is 58.4. The van der Waals surface area contributed by atoms with Crippen molar-refractivity contribution >= 4 is 62.5 Å². The number of ether oxygens (including phenoxy) is 1. The van der Waals surface area contributed by atoms with Gasteiger partial charge in [-0.1, -0.05) is 18.2 Å². The Labute approximate surface area is 247 Å². The number of nitrogens with two attached hydrogens (primary N) is 1. The molecule has 0 aliphatic carbocycles. The standard InChI is InChI=1S/C30H34N6O5S/c1-30(2,3)41-29(40)34-22(13-18-16-35(17-37)23-8-5-4-7-20(18)23)28(39)36-12-6-9-24(36)27(38)33-15-19-14-21-25(42-19)10-11-32-26(21)31/h4-5,7-8,10-11,14,16-17,22,24H,6,9,12-13,15H2,1-3H3,(H2,31,32)(H,33,38)(H,34,40)/t22-,24+/m1/s1. The number of likely N-dealkylation sites (tertiary alicyclic amines) is 1. The second-order valence-electron chi connectivity index (χ2n) is 11.3. The van der Waals surface area contributed by atoms with Crippen molar-refractivity contribution in [2.75, 3.05) is 12.3 Å². The van der Waals surface area contributed by atoms with Gasteiger partial charge in [0.25, 0.3) is 0 Å². The van der Waals surface area contributed by atoms with Crippen molar-refractivity contribution < 1.29 is 23.9 Å². The van der Waals surface area contributed by atoms with Crippen LogP contribution in [0.4, 0.5) is 10.6 Å². The smallest absolute Gasteiger partial charge is 0.408 e. The monoisotopic (exact) mass is 590 g/mol. The summed E-state index contributed by atoms with van der Waals surface area (Å²) in [5, 5.41) is 7.33. The van der Waals surface area contributed by atoms with E-state index >= 15 is 0 Å². The summed E-state index contributed by atoms with van der Waals surface area (Å²) in [7, 11) is 0. The van der Waals surface area contributed by atoms with Crippen LogP contribution in [-0.2, 0) is 32.1 Å². The molecule has 2 atom stereocenters. The third kappa shape index (κ3) is 6.23. The maximum absolute atomic E-state index is 14.0. The molecule has 0 saturated carbocycles. The third-order valence-corrected chi connectivity index (χ3v) is 8.25. The molecule has 4 aromatic rings. The highest BCUT2D eigenvalue weighted by atomic mass is 32.1. The Kier molecular flexibility index (Phi) is 8.17. The molecular formula is C30H34N6O5S. The molecule has 0 unspecified atom stereocenters. The fourth-order valence-corrected chi connectivity index (χ4v) is 6.32. The predicted molar refractivity (Wildman–Crippen MR) is 162 cm³/mol. The van der Waals surface area contributed by atoms with E-state index in [1.807, 2.05) is 36.4 Å². The summed E-state index contributed by atoms with van der Waals surface area (Å²) in [5.41, 5.74) is 6.62. The number of benzene rings is 1. The number of pyridine rings is 1. The van der Waals surface area contributed by atoms with E-state index in [0.717, 1.165) is 20.3 Å². The Morgan fingerprint density at radius 2 is 2.00 bits per heavy atom. The summed E-state index contributed by atoms with van der Waals surface area (Å²) in [6.07, 6.45) is 4.54. The van der Waals surface area contributed by atoms with Crippen LogP contribution in [0.5, 0.6) is 0 Å². The number of alkyl carbamates (subject to hydrolysis) is 1. The zero-order valence-electron chi connectivity index (χ0n) is 23.8. The minimum Gasteiger partial charge on any atom is -0.444 e. The zero-order chi connectivity index (χ0) is 30.0. The van der Waals surface area contributed by atoms with Crippen molar-refractivity contribution in [3.05, 3.63) is 59.2 Å². The first kappa shape index (κ1) is 29.1. The Hall–Kier alpha value is -4.45. The molecular weight excluding hydrogens is 556 g/mol. The highest BCUT2D eigenvalue weighted by Gasteiger charge is 2.38. The van der Waals surface area contributed by atoms with Crippen LogP contribution in [0.3, 0.4) is 0 Å². The van der Waals surface area contributed by atoms with Crippen LogP contribution in [0, 0.1) is 0 Å². The first-order chi connectivity index (χ1) is 20.0. The van der Waals surface area contributed by atoms with Gasteiger partial charge in [0.1, 0.15) is 23.5 Å². The SMILES string of the molecule is CC(C)(C)OC(=O)N[C@H](Cc1cn(C=O)c2ccccc12)C(=O)N1CCC[C@H]1C(=O)NCc1cc2c(N)nccc2s1. The van der Waals surface area contributed by atoms with Crippen LogP contribution in [0.1, 0.15) is 44.1 Å². The fourth-order valence-electron chi connectivity index (χ4n) is 5.32. The van der Waals surface area contributed by atoms with Crippen molar-refractivity contribution in [3.63, 3.8) is 0 Å². The molecule has 3 aromatic heterocycles. The summed E-state index contributed by atoms with van der Waals surface area (Å²) in [6, 6.07) is 9.44. The number of carbonyl (C=O) groups excluding carboxylic acids is 4. The lowest BCUT2D eigenvalue weighted by Gasteiger charge is -2.29. The first-order valence-electron chi connectivity index (χ1n) is 13.8. The number of aromatic nitrogens is 2. The molecule has 0 radical (unpaired) electrons. The minimum absolute atomic E-state index is 0.113. The number of nitrogen functional groups attached to an aromatic ring is 1. The van der Waals surface area contributed by atoms with Gasteiger partial charge in [-0.05, 0) is 57.4 Å². The summed E-state index contributed by atoms with van der Waals surface area (Å²) < 4.78 is 7.88. The topological polar surface area (TPSA) is 149 Å².